The summed E-state index contributed by atoms with van der Waals surface area (Å²) < 4.78 is 6.73. The van der Waals surface area contributed by atoms with E-state index < -0.39 is 40.5 Å². The zero-order chi connectivity index (χ0) is 34.3. The molecular formula is C37H42N4O5. The van der Waals surface area contributed by atoms with Gasteiger partial charge in [0.15, 0.2) is 5.78 Å². The number of carbonyl (C=O) groups excluding carboxylic acids is 3. The summed E-state index contributed by atoms with van der Waals surface area (Å²) >= 11 is 0. The molecule has 0 aliphatic rings. The van der Waals surface area contributed by atoms with Gasteiger partial charge in [0.1, 0.15) is 22.3 Å². The van der Waals surface area contributed by atoms with Crippen LogP contribution in [-0.2, 0) is 20.9 Å². The smallest absolute Gasteiger partial charge is 0.320 e. The van der Waals surface area contributed by atoms with E-state index in [9.17, 15) is 19.2 Å². The van der Waals surface area contributed by atoms with E-state index in [0.29, 0.717) is 27.4 Å². The average Bonchev–Trinajstić information content (AvgIpc) is 2.98. The van der Waals surface area contributed by atoms with Gasteiger partial charge in [-0.15, -0.1) is 5.10 Å². The highest BCUT2D eigenvalue weighted by molar-refractivity contribution is 6.09. The number of rotatable bonds is 9. The van der Waals surface area contributed by atoms with Gasteiger partial charge < -0.3 is 4.74 Å². The fourth-order valence-electron chi connectivity index (χ4n) is 4.51. The number of Topliss-reactive ketones (excluding diaryl/α,β-unsaturated/α-hetero) is 2. The summed E-state index contributed by atoms with van der Waals surface area (Å²) in [6.45, 7) is 14.9. The second-order valence-electron chi connectivity index (χ2n) is 13.9. The number of fused-ring (bicyclic) bond motifs is 1. The summed E-state index contributed by atoms with van der Waals surface area (Å²) in [5, 5.41) is 17.4. The number of nitrogens with zero attached hydrogens (tertiary/aromatic N) is 4. The van der Waals surface area contributed by atoms with Crippen molar-refractivity contribution in [2.45, 2.75) is 80.4 Å². The van der Waals surface area contributed by atoms with Crippen molar-refractivity contribution in [2.24, 2.45) is 10.8 Å². The van der Waals surface area contributed by atoms with Crippen molar-refractivity contribution in [3.8, 4) is 17.2 Å². The van der Waals surface area contributed by atoms with Gasteiger partial charge in [0.2, 0.25) is 0 Å². The molecule has 0 radical (unpaired) electrons. The molecule has 1 unspecified atom stereocenters. The maximum Gasteiger partial charge on any atom is 0.320 e. The third kappa shape index (κ3) is 9.51. The first kappa shape index (κ1) is 35.5. The van der Waals surface area contributed by atoms with Crippen LogP contribution in [0, 0.1) is 22.2 Å². The fourth-order valence-corrected chi connectivity index (χ4v) is 4.51. The van der Waals surface area contributed by atoms with E-state index >= 15 is 0 Å². The summed E-state index contributed by atoms with van der Waals surface area (Å²) in [6.07, 6.45) is -0.623. The first-order valence-electron chi connectivity index (χ1n) is 15.1. The molecule has 0 bridgehead atoms. The third-order valence-corrected chi connectivity index (χ3v) is 6.86. The van der Waals surface area contributed by atoms with Gasteiger partial charge in [0, 0.05) is 18.5 Å². The van der Waals surface area contributed by atoms with Crippen molar-refractivity contribution in [3.63, 3.8) is 0 Å². The van der Waals surface area contributed by atoms with Crippen molar-refractivity contribution in [2.75, 3.05) is 0 Å². The number of ether oxygens (including phenoxy) is 1. The Morgan fingerprint density at radius 2 is 1.39 bits per heavy atom. The first-order chi connectivity index (χ1) is 21.4. The molecule has 0 N–H and O–H groups in total. The molecule has 46 heavy (non-hydrogen) atoms. The van der Waals surface area contributed by atoms with Gasteiger partial charge in [-0.25, -0.2) is 4.68 Å². The van der Waals surface area contributed by atoms with Crippen LogP contribution in [0.3, 0.4) is 0 Å². The molecule has 3 aromatic carbocycles. The maximum absolute atomic E-state index is 13.6. The molecule has 0 spiro atoms. The summed E-state index contributed by atoms with van der Waals surface area (Å²) in [5.74, 6) is -1.80. The monoisotopic (exact) mass is 622 g/mol. The second kappa shape index (κ2) is 14.4. The molecule has 1 aromatic heterocycles. The lowest BCUT2D eigenvalue weighted by atomic mass is 9.75. The lowest BCUT2D eigenvalue weighted by molar-refractivity contribution is -0.170. The van der Waals surface area contributed by atoms with Crippen LogP contribution in [0.4, 0.5) is 0 Å². The van der Waals surface area contributed by atoms with Gasteiger partial charge in [-0.2, -0.15) is 5.26 Å². The minimum Gasteiger partial charge on any atom is -0.459 e. The van der Waals surface area contributed by atoms with Gasteiger partial charge in [-0.05, 0) is 74.9 Å². The lowest BCUT2D eigenvalue weighted by Crippen LogP contribution is -2.45. The Balaban J connectivity index is 0.00000107. The van der Waals surface area contributed by atoms with Crippen LogP contribution < -0.4 is 5.56 Å². The highest BCUT2D eigenvalue weighted by atomic mass is 16.6. The number of nitriles is 1. The predicted molar refractivity (Wildman–Crippen MR) is 178 cm³/mol. The molecule has 0 saturated heterocycles. The first-order valence-corrected chi connectivity index (χ1v) is 15.1. The van der Waals surface area contributed by atoms with E-state index in [1.54, 1.807) is 81.4 Å². The van der Waals surface area contributed by atoms with Gasteiger partial charge in [0.05, 0.1) is 17.0 Å². The number of aromatic nitrogens is 3. The number of carbonyl (C=O) groups is 3. The highest BCUT2D eigenvalue weighted by Crippen LogP contribution is 2.34. The Kier molecular flexibility index (Phi) is 11.1. The molecule has 4 aromatic rings. The summed E-state index contributed by atoms with van der Waals surface area (Å²) in [4.78, 5) is 53.3. The molecular weight excluding hydrogens is 580 g/mol. The minimum absolute atomic E-state index is 0.125. The van der Waals surface area contributed by atoms with Crippen molar-refractivity contribution in [1.82, 2.24) is 15.0 Å². The van der Waals surface area contributed by atoms with Gasteiger partial charge in [0.25, 0.3) is 5.56 Å². The molecule has 1 heterocycles. The molecule has 9 heteroatoms. The third-order valence-electron chi connectivity index (χ3n) is 6.86. The quantitative estimate of drug-likeness (QED) is 0.111. The molecule has 0 amide bonds. The second-order valence-corrected chi connectivity index (χ2v) is 13.9. The molecule has 4 rings (SSSR count). The van der Waals surface area contributed by atoms with Crippen LogP contribution in [0.2, 0.25) is 0 Å². The maximum atomic E-state index is 13.6. The molecule has 1 atom stereocenters. The van der Waals surface area contributed by atoms with E-state index in [0.717, 1.165) is 15.8 Å². The zero-order valence-electron chi connectivity index (χ0n) is 27.9. The lowest BCUT2D eigenvalue weighted by Gasteiger charge is -2.32. The largest absolute Gasteiger partial charge is 0.459 e. The van der Waals surface area contributed by atoms with E-state index in [1.165, 1.54) is 6.92 Å². The summed E-state index contributed by atoms with van der Waals surface area (Å²) in [5.41, 5.74) is 0.327. The Labute approximate surface area is 270 Å². The van der Waals surface area contributed by atoms with Crippen LogP contribution in [0.25, 0.3) is 22.0 Å². The molecule has 0 aliphatic heterocycles. The average molecular weight is 623 g/mol. The standard InChI is InChI=1S/C32H30N4O5.C5H12/c1-21(37)32(30(40)41-31(2,3)4,17-18-36-29(39)26-7-5-6-8-27(26)34-35-36)19-28(38)25-15-13-24(14-16-25)23-11-9-22(20-33)10-12-23;1-5(2,3)4/h5-16H,17-19H2,1-4H3;1-4H3. The van der Waals surface area contributed by atoms with E-state index in [4.69, 9.17) is 10.00 Å². The molecule has 9 nitrogen and oxygen atoms in total. The predicted octanol–water partition coefficient (Wildman–Crippen LogP) is 6.96. The van der Waals surface area contributed by atoms with Crippen molar-refractivity contribution < 1.29 is 19.1 Å². The topological polar surface area (TPSA) is 132 Å². The van der Waals surface area contributed by atoms with Crippen molar-refractivity contribution in [3.05, 3.63) is 94.3 Å². The summed E-state index contributed by atoms with van der Waals surface area (Å²) in [6, 6.07) is 22.7. The Morgan fingerprint density at radius 3 is 1.91 bits per heavy atom. The molecule has 0 saturated carbocycles. The minimum atomic E-state index is -1.84. The Bertz CT molecular complexity index is 1800. The van der Waals surface area contributed by atoms with Crippen molar-refractivity contribution >= 4 is 28.4 Å². The fraction of sp³-hybridized carbons (Fsp3) is 0.378. The number of ketones is 2. The summed E-state index contributed by atoms with van der Waals surface area (Å²) in [7, 11) is 0. The number of esters is 1. The molecule has 0 aliphatic carbocycles. The van der Waals surface area contributed by atoms with Crippen LogP contribution in [-0.4, -0.2) is 38.1 Å². The zero-order valence-corrected chi connectivity index (χ0v) is 27.9. The SMILES string of the molecule is CC(=O)C(CCn1nnc2ccccc2c1=O)(CC(=O)c1ccc(-c2ccc(C#N)cc2)cc1)C(=O)OC(C)(C)C.CC(C)(C)C. The van der Waals surface area contributed by atoms with Crippen LogP contribution >= 0.6 is 0 Å². The van der Waals surface area contributed by atoms with Crippen LogP contribution in [0.15, 0.2) is 77.6 Å². The van der Waals surface area contributed by atoms with E-state index in [-0.39, 0.29) is 13.0 Å². The van der Waals surface area contributed by atoms with Gasteiger partial charge in [-0.1, -0.05) is 81.4 Å². The van der Waals surface area contributed by atoms with Crippen LogP contribution in [0.5, 0.6) is 0 Å². The van der Waals surface area contributed by atoms with Crippen LogP contribution in [0.1, 0.15) is 84.2 Å². The highest BCUT2D eigenvalue weighted by Gasteiger charge is 2.47. The van der Waals surface area contributed by atoms with Gasteiger partial charge >= 0.3 is 5.97 Å². The van der Waals surface area contributed by atoms with Crippen molar-refractivity contribution in [1.29, 1.82) is 5.26 Å². The van der Waals surface area contributed by atoms with Gasteiger partial charge in [-0.3, -0.25) is 19.2 Å². The number of aryl methyl sites for hydroxylation is 1. The molecule has 0 fully saturated rings. The number of hydrogen-bond donors (Lipinski definition) is 0. The number of hydrogen-bond acceptors (Lipinski definition) is 8. The molecule has 240 valence electrons. The van der Waals surface area contributed by atoms with E-state index in [2.05, 4.69) is 44.1 Å². The van der Waals surface area contributed by atoms with E-state index in [1.807, 2.05) is 12.1 Å². The number of benzene rings is 3. The Morgan fingerprint density at radius 1 is 0.848 bits per heavy atom. The Hall–Kier alpha value is -4.97. The normalized spacial score (nSPS) is 12.7.